The highest BCUT2D eigenvalue weighted by Gasteiger charge is 2.29. The van der Waals surface area contributed by atoms with Crippen LogP contribution in [0, 0.1) is 29.3 Å². The molecule has 0 atom stereocenters. The van der Waals surface area contributed by atoms with E-state index in [2.05, 4.69) is 19.9 Å². The molecule has 0 amide bonds. The average Bonchev–Trinajstić information content (AvgIpc) is 2.86. The summed E-state index contributed by atoms with van der Waals surface area (Å²) in [6.45, 7) is 4.33. The number of benzene rings is 2. The fraction of sp³-hybridized carbons (Fsp3) is 0.613. The Bertz CT molecular complexity index is 934. The fourth-order valence-corrected chi connectivity index (χ4v) is 6.45. The van der Waals surface area contributed by atoms with E-state index in [1.165, 1.54) is 6.42 Å². The van der Waals surface area contributed by atoms with E-state index in [9.17, 15) is 4.39 Å². The molecule has 2 aliphatic rings. The van der Waals surface area contributed by atoms with Gasteiger partial charge in [0.25, 0.3) is 0 Å². The van der Waals surface area contributed by atoms with Crippen molar-refractivity contribution in [1.29, 1.82) is 0 Å². The van der Waals surface area contributed by atoms with Crippen molar-refractivity contribution in [2.75, 3.05) is 0 Å². The van der Waals surface area contributed by atoms with Gasteiger partial charge in [-0.25, -0.2) is 13.2 Å². The van der Waals surface area contributed by atoms with Crippen LogP contribution in [0.5, 0.6) is 0 Å². The van der Waals surface area contributed by atoms with Crippen LogP contribution in [0.3, 0.4) is 0 Å². The van der Waals surface area contributed by atoms with Crippen LogP contribution in [0.4, 0.5) is 13.2 Å². The molecule has 0 aromatic heterocycles. The Labute approximate surface area is 204 Å². The molecule has 2 aromatic carbocycles. The smallest absolute Gasteiger partial charge is 0.162 e. The average molecular weight is 471 g/mol. The Kier molecular flexibility index (Phi) is 8.77. The zero-order valence-electron chi connectivity index (χ0n) is 21.0. The molecular weight excluding hydrogens is 429 g/mol. The lowest BCUT2D eigenvalue weighted by atomic mass is 9.75. The minimum absolute atomic E-state index is 0.0829. The molecule has 0 aliphatic heterocycles. The van der Waals surface area contributed by atoms with Crippen molar-refractivity contribution in [1.82, 2.24) is 0 Å². The zero-order chi connectivity index (χ0) is 24.1. The predicted octanol–water partition coefficient (Wildman–Crippen LogP) is 9.65. The highest BCUT2D eigenvalue weighted by atomic mass is 19.2. The van der Waals surface area contributed by atoms with E-state index in [1.807, 2.05) is 18.2 Å². The molecule has 2 saturated carbocycles. The van der Waals surface area contributed by atoms with E-state index in [0.29, 0.717) is 17.0 Å². The first-order chi connectivity index (χ1) is 16.5. The van der Waals surface area contributed by atoms with Crippen LogP contribution in [-0.2, 0) is 12.8 Å². The van der Waals surface area contributed by atoms with Gasteiger partial charge in [-0.15, -0.1) is 0 Å². The van der Waals surface area contributed by atoms with Gasteiger partial charge in [-0.3, -0.25) is 0 Å². The van der Waals surface area contributed by atoms with Gasteiger partial charge in [-0.2, -0.15) is 0 Å². The van der Waals surface area contributed by atoms with E-state index < -0.39 is 11.6 Å². The van der Waals surface area contributed by atoms with Crippen molar-refractivity contribution in [3.05, 3.63) is 70.0 Å². The summed E-state index contributed by atoms with van der Waals surface area (Å²) in [5.41, 5.74) is 3.04. The summed E-state index contributed by atoms with van der Waals surface area (Å²) >= 11 is 0. The molecule has 34 heavy (non-hydrogen) atoms. The lowest BCUT2D eigenvalue weighted by molar-refractivity contribution is 0.300. The largest absolute Gasteiger partial charge is 0.207 e. The van der Waals surface area contributed by atoms with Crippen LogP contribution in [0.15, 0.2) is 30.3 Å². The molecule has 3 heteroatoms. The predicted molar refractivity (Wildman–Crippen MR) is 135 cm³/mol. The van der Waals surface area contributed by atoms with E-state index >= 15 is 8.78 Å². The molecule has 0 radical (unpaired) electrons. The van der Waals surface area contributed by atoms with Crippen LogP contribution in [0.1, 0.15) is 119 Å². The topological polar surface area (TPSA) is 0 Å². The van der Waals surface area contributed by atoms with E-state index in [1.54, 1.807) is 6.07 Å². The molecule has 0 nitrogen and oxygen atoms in total. The van der Waals surface area contributed by atoms with E-state index in [4.69, 9.17) is 0 Å². The van der Waals surface area contributed by atoms with Gasteiger partial charge < -0.3 is 0 Å². The summed E-state index contributed by atoms with van der Waals surface area (Å²) in [7, 11) is 0. The number of rotatable bonds is 8. The van der Waals surface area contributed by atoms with Crippen molar-refractivity contribution >= 4 is 0 Å². The molecular formula is C31H41F3. The molecule has 2 aliphatic carbocycles. The maximum absolute atomic E-state index is 15.1. The lowest BCUT2D eigenvalue weighted by Gasteiger charge is -2.31. The van der Waals surface area contributed by atoms with Crippen molar-refractivity contribution < 1.29 is 13.2 Å². The van der Waals surface area contributed by atoms with E-state index in [0.717, 1.165) is 94.1 Å². The summed E-state index contributed by atoms with van der Waals surface area (Å²) in [6.07, 6.45) is 12.8. The number of hydrogen-bond donors (Lipinski definition) is 0. The third kappa shape index (κ3) is 5.89. The number of halogens is 3. The van der Waals surface area contributed by atoms with Crippen molar-refractivity contribution in [3.63, 3.8) is 0 Å². The highest BCUT2D eigenvalue weighted by molar-refractivity contribution is 5.32. The third-order valence-corrected chi connectivity index (χ3v) is 8.77. The third-order valence-electron chi connectivity index (χ3n) is 8.77. The normalized spacial score (nSPS) is 25.4. The molecule has 0 bridgehead atoms. The van der Waals surface area contributed by atoms with Crippen LogP contribution >= 0.6 is 0 Å². The quantitative estimate of drug-likeness (QED) is 0.360. The summed E-state index contributed by atoms with van der Waals surface area (Å²) in [6, 6.07) is 9.43. The molecule has 0 N–H and O–H groups in total. The molecule has 2 aromatic rings. The Morgan fingerprint density at radius 1 is 0.676 bits per heavy atom. The maximum atomic E-state index is 15.1. The second-order valence-corrected chi connectivity index (χ2v) is 10.9. The van der Waals surface area contributed by atoms with Crippen molar-refractivity contribution in [3.8, 4) is 0 Å². The monoisotopic (exact) mass is 470 g/mol. The highest BCUT2D eigenvalue weighted by Crippen LogP contribution is 2.42. The summed E-state index contributed by atoms with van der Waals surface area (Å²) in [5.74, 6) is 0.261. The first-order valence-corrected chi connectivity index (χ1v) is 13.7. The summed E-state index contributed by atoms with van der Waals surface area (Å²) in [5, 5.41) is 0. The fourth-order valence-electron chi connectivity index (χ4n) is 6.45. The van der Waals surface area contributed by atoms with Crippen LogP contribution in [0.2, 0.25) is 0 Å². The van der Waals surface area contributed by atoms with Gasteiger partial charge in [-0.1, -0.05) is 51.0 Å². The standard InChI is InChI=1S/C31H41F3/c1-3-5-23-11-17-26(29(32)20-23)16-10-22-8-14-25(15-9-22)28-19-18-27(30(33)31(28)34)24-12-6-21(4-2)7-13-24/h11,17-22,24-25H,3-10,12-16H2,1-2H3. The first-order valence-electron chi connectivity index (χ1n) is 13.7. The molecule has 0 saturated heterocycles. The van der Waals surface area contributed by atoms with Gasteiger partial charge in [0.15, 0.2) is 11.6 Å². The van der Waals surface area contributed by atoms with Crippen LogP contribution in [-0.4, -0.2) is 0 Å². The zero-order valence-corrected chi connectivity index (χ0v) is 21.0. The minimum Gasteiger partial charge on any atom is -0.207 e. The van der Waals surface area contributed by atoms with Crippen molar-refractivity contribution in [2.45, 2.75) is 109 Å². The molecule has 0 heterocycles. The molecule has 4 rings (SSSR count). The van der Waals surface area contributed by atoms with Crippen molar-refractivity contribution in [2.24, 2.45) is 11.8 Å². The Hall–Kier alpha value is -1.77. The van der Waals surface area contributed by atoms with Gasteiger partial charge in [0, 0.05) is 0 Å². The van der Waals surface area contributed by atoms with Gasteiger partial charge in [0.1, 0.15) is 5.82 Å². The molecule has 0 unspecified atom stereocenters. The van der Waals surface area contributed by atoms with E-state index in [-0.39, 0.29) is 17.7 Å². The van der Waals surface area contributed by atoms with Crippen LogP contribution < -0.4 is 0 Å². The summed E-state index contributed by atoms with van der Waals surface area (Å²) < 4.78 is 44.6. The SMILES string of the molecule is CCCc1ccc(CCC2CCC(c3ccc(C4CCC(CC)CC4)c(F)c3F)CC2)c(F)c1. The Morgan fingerprint density at radius 2 is 1.24 bits per heavy atom. The van der Waals surface area contributed by atoms with Gasteiger partial charge in [-0.05, 0) is 123 Å². The minimum atomic E-state index is -0.604. The molecule has 186 valence electrons. The number of aryl methyl sites for hydroxylation is 2. The Morgan fingerprint density at radius 3 is 1.74 bits per heavy atom. The summed E-state index contributed by atoms with van der Waals surface area (Å²) in [4.78, 5) is 0. The second-order valence-electron chi connectivity index (χ2n) is 10.9. The maximum Gasteiger partial charge on any atom is 0.162 e. The van der Waals surface area contributed by atoms with Gasteiger partial charge in [0.2, 0.25) is 0 Å². The first kappa shape index (κ1) is 25.3. The molecule has 0 spiro atoms. The van der Waals surface area contributed by atoms with Gasteiger partial charge in [0.05, 0.1) is 0 Å². The second kappa shape index (κ2) is 11.8. The Balaban J connectivity index is 1.31. The molecule has 2 fully saturated rings. The number of hydrogen-bond acceptors (Lipinski definition) is 0. The lowest BCUT2D eigenvalue weighted by Crippen LogP contribution is -2.17. The van der Waals surface area contributed by atoms with Crippen LogP contribution in [0.25, 0.3) is 0 Å². The van der Waals surface area contributed by atoms with Gasteiger partial charge >= 0.3 is 0 Å².